The van der Waals surface area contributed by atoms with Gasteiger partial charge in [0.1, 0.15) is 11.5 Å². The molecule has 0 bridgehead atoms. The van der Waals surface area contributed by atoms with Gasteiger partial charge < -0.3 is 15.0 Å². The predicted octanol–water partition coefficient (Wildman–Crippen LogP) is 2.79. The van der Waals surface area contributed by atoms with Gasteiger partial charge in [0, 0.05) is 28.9 Å². The summed E-state index contributed by atoms with van der Waals surface area (Å²) in [6, 6.07) is 6.59. The number of rotatable bonds is 5. The Morgan fingerprint density at radius 2 is 2.14 bits per heavy atom. The molecule has 0 atom stereocenters. The second-order valence-electron chi connectivity index (χ2n) is 4.29. The van der Waals surface area contributed by atoms with Crippen molar-refractivity contribution in [3.8, 4) is 17.0 Å². The zero-order valence-corrected chi connectivity index (χ0v) is 11.1. The fourth-order valence-electron chi connectivity index (χ4n) is 2.14. The summed E-state index contributed by atoms with van der Waals surface area (Å²) in [6.07, 6.45) is 3.52. The van der Waals surface area contributed by atoms with Gasteiger partial charge in [0.2, 0.25) is 12.3 Å². The first-order valence-corrected chi connectivity index (χ1v) is 6.27. The minimum atomic E-state index is -2.96. The Balaban J connectivity index is 2.09. The minimum absolute atomic E-state index is 0.159. The van der Waals surface area contributed by atoms with Gasteiger partial charge in [0.25, 0.3) is 0 Å². The van der Waals surface area contributed by atoms with Crippen molar-refractivity contribution in [2.24, 2.45) is 0 Å². The molecule has 3 heterocycles. The third-order valence-electron chi connectivity index (χ3n) is 3.01. The standard InChI is InChI=1S/C14H10F2N4O2/c15-14(16)22-13-9(2-1-5-17-13)10-6-18-12-8(10)3-4-11(20-12)19-7-21/h1-7,14H,(H2,18,19,20,21). The van der Waals surface area contributed by atoms with Crippen LogP contribution in [0.15, 0.2) is 36.7 Å². The van der Waals surface area contributed by atoms with Crippen LogP contribution in [-0.4, -0.2) is 28.0 Å². The van der Waals surface area contributed by atoms with E-state index in [1.54, 1.807) is 30.5 Å². The SMILES string of the molecule is O=CNc1ccc2c(-c3cccnc3OC(F)F)c[nH]c2n1. The number of ether oxygens (including phenoxy) is 1. The average Bonchev–Trinajstić information content (AvgIpc) is 2.90. The Labute approximate surface area is 123 Å². The van der Waals surface area contributed by atoms with Gasteiger partial charge in [-0.2, -0.15) is 8.78 Å². The number of aromatic amines is 1. The highest BCUT2D eigenvalue weighted by Gasteiger charge is 2.16. The molecule has 3 aromatic heterocycles. The molecule has 1 amide bonds. The minimum Gasteiger partial charge on any atom is -0.416 e. The fourth-order valence-corrected chi connectivity index (χ4v) is 2.14. The molecule has 22 heavy (non-hydrogen) atoms. The van der Waals surface area contributed by atoms with Crippen LogP contribution >= 0.6 is 0 Å². The van der Waals surface area contributed by atoms with E-state index in [0.29, 0.717) is 34.4 Å². The first-order chi connectivity index (χ1) is 10.7. The van der Waals surface area contributed by atoms with Gasteiger partial charge in [-0.25, -0.2) is 9.97 Å². The summed E-state index contributed by atoms with van der Waals surface area (Å²) in [7, 11) is 0. The number of alkyl halides is 2. The van der Waals surface area contributed by atoms with Crippen LogP contribution in [0.1, 0.15) is 0 Å². The van der Waals surface area contributed by atoms with Crippen molar-refractivity contribution >= 4 is 23.3 Å². The number of hydrogen-bond acceptors (Lipinski definition) is 4. The number of carbonyl (C=O) groups excluding carboxylic acids is 1. The van der Waals surface area contributed by atoms with Crippen LogP contribution in [0.4, 0.5) is 14.6 Å². The summed E-state index contributed by atoms with van der Waals surface area (Å²) in [6.45, 7) is -2.96. The maximum atomic E-state index is 12.5. The van der Waals surface area contributed by atoms with Crippen molar-refractivity contribution in [3.05, 3.63) is 36.7 Å². The molecule has 0 aliphatic carbocycles. The summed E-state index contributed by atoms with van der Waals surface area (Å²) in [5.41, 5.74) is 1.56. The molecule has 0 saturated heterocycles. The number of nitrogens with one attached hydrogen (secondary N) is 2. The fraction of sp³-hybridized carbons (Fsp3) is 0.0714. The molecule has 0 fully saturated rings. The number of nitrogens with zero attached hydrogens (tertiary/aromatic N) is 2. The van der Waals surface area contributed by atoms with E-state index in [2.05, 4.69) is 25.0 Å². The molecule has 0 aliphatic rings. The Bertz CT molecular complexity index is 819. The molecule has 0 radical (unpaired) electrons. The predicted molar refractivity (Wildman–Crippen MR) is 75.6 cm³/mol. The zero-order valence-electron chi connectivity index (χ0n) is 11.1. The maximum absolute atomic E-state index is 12.5. The molecule has 8 heteroatoms. The van der Waals surface area contributed by atoms with Crippen LogP contribution < -0.4 is 10.1 Å². The molecule has 0 aromatic carbocycles. The van der Waals surface area contributed by atoms with Gasteiger partial charge in [-0.3, -0.25) is 4.79 Å². The summed E-state index contributed by atoms with van der Waals surface area (Å²) < 4.78 is 29.4. The van der Waals surface area contributed by atoms with Gasteiger partial charge in [-0.05, 0) is 24.3 Å². The summed E-state index contributed by atoms with van der Waals surface area (Å²) in [5.74, 6) is 0.222. The van der Waals surface area contributed by atoms with Gasteiger partial charge in [0.15, 0.2) is 0 Å². The van der Waals surface area contributed by atoms with E-state index in [0.717, 1.165) is 0 Å². The molecule has 2 N–H and O–H groups in total. The van der Waals surface area contributed by atoms with Crippen molar-refractivity contribution in [1.29, 1.82) is 0 Å². The lowest BCUT2D eigenvalue weighted by molar-refractivity contribution is -0.105. The lowest BCUT2D eigenvalue weighted by Crippen LogP contribution is -2.04. The number of amides is 1. The monoisotopic (exact) mass is 304 g/mol. The molecule has 0 unspecified atom stereocenters. The van der Waals surface area contributed by atoms with E-state index < -0.39 is 6.61 Å². The number of aromatic nitrogens is 3. The highest BCUT2D eigenvalue weighted by Crippen LogP contribution is 2.34. The number of pyridine rings is 2. The van der Waals surface area contributed by atoms with E-state index >= 15 is 0 Å². The molecule has 3 aromatic rings. The van der Waals surface area contributed by atoms with Gasteiger partial charge >= 0.3 is 6.61 Å². The third kappa shape index (κ3) is 2.58. The lowest BCUT2D eigenvalue weighted by Gasteiger charge is -2.08. The van der Waals surface area contributed by atoms with Gasteiger partial charge in [-0.15, -0.1) is 0 Å². The number of anilines is 1. The van der Waals surface area contributed by atoms with E-state index in [9.17, 15) is 13.6 Å². The largest absolute Gasteiger partial charge is 0.416 e. The second kappa shape index (κ2) is 5.76. The summed E-state index contributed by atoms with van der Waals surface area (Å²) in [5, 5.41) is 3.14. The van der Waals surface area contributed by atoms with Crippen LogP contribution in [0.3, 0.4) is 0 Å². The average molecular weight is 304 g/mol. The van der Waals surface area contributed by atoms with Crippen LogP contribution in [-0.2, 0) is 4.79 Å². The van der Waals surface area contributed by atoms with Crippen molar-refractivity contribution < 1.29 is 18.3 Å². The van der Waals surface area contributed by atoms with E-state index in [1.807, 2.05) is 0 Å². The van der Waals surface area contributed by atoms with Crippen molar-refractivity contribution in [1.82, 2.24) is 15.0 Å². The third-order valence-corrected chi connectivity index (χ3v) is 3.01. The summed E-state index contributed by atoms with van der Waals surface area (Å²) >= 11 is 0. The highest BCUT2D eigenvalue weighted by atomic mass is 19.3. The topological polar surface area (TPSA) is 79.9 Å². The molecule has 0 saturated carbocycles. The van der Waals surface area contributed by atoms with Crippen molar-refractivity contribution in [2.45, 2.75) is 6.61 Å². The van der Waals surface area contributed by atoms with Crippen LogP contribution in [0.25, 0.3) is 22.2 Å². The molecular formula is C14H10F2N4O2. The van der Waals surface area contributed by atoms with Crippen LogP contribution in [0.2, 0.25) is 0 Å². The van der Waals surface area contributed by atoms with E-state index in [-0.39, 0.29) is 5.88 Å². The second-order valence-corrected chi connectivity index (χ2v) is 4.29. The van der Waals surface area contributed by atoms with E-state index in [4.69, 9.17) is 0 Å². The Hall–Kier alpha value is -3.03. The number of fused-ring (bicyclic) bond motifs is 1. The Morgan fingerprint density at radius 3 is 2.91 bits per heavy atom. The van der Waals surface area contributed by atoms with Crippen LogP contribution in [0.5, 0.6) is 5.88 Å². The number of H-pyrrole nitrogens is 1. The molecule has 0 aliphatic heterocycles. The molecule has 0 spiro atoms. The van der Waals surface area contributed by atoms with E-state index in [1.165, 1.54) is 6.20 Å². The zero-order chi connectivity index (χ0) is 15.5. The first-order valence-electron chi connectivity index (χ1n) is 6.27. The number of hydrogen-bond donors (Lipinski definition) is 2. The Morgan fingerprint density at radius 1 is 1.27 bits per heavy atom. The Kier molecular flexibility index (Phi) is 3.65. The lowest BCUT2D eigenvalue weighted by atomic mass is 10.1. The number of halogens is 2. The maximum Gasteiger partial charge on any atom is 0.388 e. The molecule has 6 nitrogen and oxygen atoms in total. The summed E-state index contributed by atoms with van der Waals surface area (Å²) in [4.78, 5) is 21.4. The first kappa shape index (κ1) is 13.9. The van der Waals surface area contributed by atoms with Crippen molar-refractivity contribution in [3.63, 3.8) is 0 Å². The van der Waals surface area contributed by atoms with Gasteiger partial charge in [0.05, 0.1) is 0 Å². The molecule has 3 rings (SSSR count). The normalized spacial score (nSPS) is 10.9. The smallest absolute Gasteiger partial charge is 0.388 e. The van der Waals surface area contributed by atoms with Gasteiger partial charge in [-0.1, -0.05) is 0 Å². The number of carbonyl (C=O) groups is 1. The van der Waals surface area contributed by atoms with Crippen LogP contribution in [0, 0.1) is 0 Å². The molecular weight excluding hydrogens is 294 g/mol. The highest BCUT2D eigenvalue weighted by molar-refractivity contribution is 5.95. The molecule has 112 valence electrons. The quantitative estimate of drug-likeness (QED) is 0.710. The van der Waals surface area contributed by atoms with Crippen molar-refractivity contribution in [2.75, 3.05) is 5.32 Å².